The molecule has 0 aliphatic carbocycles. The van der Waals surface area contributed by atoms with E-state index in [1.165, 1.54) is 0 Å². The van der Waals surface area contributed by atoms with Crippen LogP contribution in [0.25, 0.3) is 0 Å². The van der Waals surface area contributed by atoms with Crippen molar-refractivity contribution in [2.24, 2.45) is 13.0 Å². The maximum Gasteiger partial charge on any atom is 0.0623 e. The lowest BCUT2D eigenvalue weighted by Gasteiger charge is -2.19. The van der Waals surface area contributed by atoms with Gasteiger partial charge in [0.05, 0.1) is 11.8 Å². The van der Waals surface area contributed by atoms with Gasteiger partial charge in [-0.2, -0.15) is 5.10 Å². The minimum absolute atomic E-state index is 0.241. The fraction of sp³-hybridized carbons (Fsp3) is 0.750. The van der Waals surface area contributed by atoms with Crippen LogP contribution in [0.5, 0.6) is 0 Å². The largest absolute Gasteiger partial charge is 0.392 e. The van der Waals surface area contributed by atoms with E-state index in [0.29, 0.717) is 12.3 Å². The number of aromatic nitrogens is 2. The summed E-state index contributed by atoms with van der Waals surface area (Å²) in [6.45, 7) is 6.24. The Hall–Kier alpha value is -0.830. The summed E-state index contributed by atoms with van der Waals surface area (Å²) >= 11 is 0. The van der Waals surface area contributed by atoms with Gasteiger partial charge in [0.1, 0.15) is 0 Å². The van der Waals surface area contributed by atoms with E-state index < -0.39 is 0 Å². The van der Waals surface area contributed by atoms with Crippen molar-refractivity contribution in [1.29, 1.82) is 0 Å². The zero-order chi connectivity index (χ0) is 11.4. The Balaban J connectivity index is 2.64. The van der Waals surface area contributed by atoms with Crippen LogP contribution in [0.15, 0.2) is 6.07 Å². The third kappa shape index (κ3) is 3.06. The smallest absolute Gasteiger partial charge is 0.0623 e. The first kappa shape index (κ1) is 12.2. The molecule has 0 bridgehead atoms. The van der Waals surface area contributed by atoms with Crippen molar-refractivity contribution in [3.63, 3.8) is 0 Å². The molecule has 1 aromatic rings. The molecule has 0 amide bonds. The molecule has 0 fully saturated rings. The van der Waals surface area contributed by atoms with E-state index in [-0.39, 0.29) is 6.10 Å². The molecule has 1 rings (SSSR count). The topological polar surface area (TPSA) is 38.1 Å². The Morgan fingerprint density at radius 2 is 2.00 bits per heavy atom. The van der Waals surface area contributed by atoms with E-state index in [1.807, 2.05) is 24.7 Å². The first-order chi connectivity index (χ1) is 7.08. The SMILES string of the molecule is CCC(CC)C(O)Cc1cc(C)nn1C. The van der Waals surface area contributed by atoms with Crippen LogP contribution in [0.4, 0.5) is 0 Å². The molecular weight excluding hydrogens is 188 g/mol. The lowest BCUT2D eigenvalue weighted by atomic mass is 9.93. The summed E-state index contributed by atoms with van der Waals surface area (Å²) < 4.78 is 1.86. The third-order valence-corrected chi connectivity index (χ3v) is 3.11. The molecule has 0 radical (unpaired) electrons. The van der Waals surface area contributed by atoms with Gasteiger partial charge < -0.3 is 5.11 Å². The standard InChI is InChI=1S/C12H22N2O/c1-5-10(6-2)12(15)8-11-7-9(3)13-14(11)4/h7,10,12,15H,5-6,8H2,1-4H3. The van der Waals surface area contributed by atoms with E-state index in [2.05, 4.69) is 18.9 Å². The van der Waals surface area contributed by atoms with Gasteiger partial charge in [-0.25, -0.2) is 0 Å². The molecule has 0 spiro atoms. The molecule has 0 saturated carbocycles. The van der Waals surface area contributed by atoms with E-state index in [9.17, 15) is 5.11 Å². The van der Waals surface area contributed by atoms with Gasteiger partial charge in [0.2, 0.25) is 0 Å². The molecule has 86 valence electrons. The van der Waals surface area contributed by atoms with Crippen molar-refractivity contribution in [2.45, 2.75) is 46.1 Å². The van der Waals surface area contributed by atoms with E-state index >= 15 is 0 Å². The molecule has 0 aliphatic heterocycles. The number of rotatable bonds is 5. The highest BCUT2D eigenvalue weighted by molar-refractivity contribution is 5.09. The van der Waals surface area contributed by atoms with Gasteiger partial charge in [0.25, 0.3) is 0 Å². The molecule has 1 aromatic heterocycles. The maximum absolute atomic E-state index is 10.1. The van der Waals surface area contributed by atoms with Gasteiger partial charge in [0, 0.05) is 19.2 Å². The lowest BCUT2D eigenvalue weighted by molar-refractivity contribution is 0.101. The third-order valence-electron chi connectivity index (χ3n) is 3.11. The summed E-state index contributed by atoms with van der Waals surface area (Å²) in [5.74, 6) is 0.403. The number of aryl methyl sites for hydroxylation is 2. The number of hydrogen-bond donors (Lipinski definition) is 1. The molecule has 1 atom stereocenters. The number of nitrogens with zero attached hydrogens (tertiary/aromatic N) is 2. The Morgan fingerprint density at radius 1 is 1.40 bits per heavy atom. The van der Waals surface area contributed by atoms with E-state index in [4.69, 9.17) is 0 Å². The van der Waals surface area contributed by atoms with Crippen LogP contribution in [0.1, 0.15) is 38.1 Å². The minimum atomic E-state index is -0.241. The van der Waals surface area contributed by atoms with Gasteiger partial charge in [-0.05, 0) is 18.9 Å². The normalized spacial score (nSPS) is 13.5. The summed E-state index contributed by atoms with van der Waals surface area (Å²) in [7, 11) is 1.93. The molecule has 15 heavy (non-hydrogen) atoms. The Labute approximate surface area is 92.1 Å². The van der Waals surface area contributed by atoms with Crippen LogP contribution in [-0.4, -0.2) is 21.0 Å². The molecule has 1 N–H and O–H groups in total. The van der Waals surface area contributed by atoms with E-state index in [0.717, 1.165) is 24.2 Å². The van der Waals surface area contributed by atoms with Crippen LogP contribution >= 0.6 is 0 Å². The van der Waals surface area contributed by atoms with Crippen molar-refractivity contribution in [1.82, 2.24) is 9.78 Å². The Bertz CT molecular complexity index is 303. The number of hydrogen-bond acceptors (Lipinski definition) is 2. The van der Waals surface area contributed by atoms with Crippen molar-refractivity contribution in [2.75, 3.05) is 0 Å². The van der Waals surface area contributed by atoms with Crippen LogP contribution in [-0.2, 0) is 13.5 Å². The van der Waals surface area contributed by atoms with Crippen molar-refractivity contribution < 1.29 is 5.11 Å². The van der Waals surface area contributed by atoms with Gasteiger partial charge in [-0.1, -0.05) is 26.7 Å². The number of aliphatic hydroxyl groups is 1. The average molecular weight is 210 g/mol. The highest BCUT2D eigenvalue weighted by Crippen LogP contribution is 2.17. The fourth-order valence-electron chi connectivity index (χ4n) is 2.07. The summed E-state index contributed by atoms with van der Waals surface area (Å²) in [6, 6.07) is 2.05. The minimum Gasteiger partial charge on any atom is -0.392 e. The Morgan fingerprint density at radius 3 is 2.40 bits per heavy atom. The molecule has 0 saturated heterocycles. The maximum atomic E-state index is 10.1. The molecular formula is C12H22N2O. The molecule has 3 heteroatoms. The number of aliphatic hydroxyl groups excluding tert-OH is 1. The highest BCUT2D eigenvalue weighted by Gasteiger charge is 2.17. The Kier molecular flexibility index (Phi) is 4.33. The second-order valence-electron chi connectivity index (χ2n) is 4.25. The van der Waals surface area contributed by atoms with Crippen LogP contribution in [0.3, 0.4) is 0 Å². The van der Waals surface area contributed by atoms with Gasteiger partial charge >= 0.3 is 0 Å². The summed E-state index contributed by atoms with van der Waals surface area (Å²) in [4.78, 5) is 0. The molecule has 1 unspecified atom stereocenters. The summed E-state index contributed by atoms with van der Waals surface area (Å²) in [5.41, 5.74) is 2.14. The van der Waals surface area contributed by atoms with Crippen molar-refractivity contribution in [3.8, 4) is 0 Å². The molecule has 3 nitrogen and oxygen atoms in total. The second kappa shape index (κ2) is 5.31. The van der Waals surface area contributed by atoms with Gasteiger partial charge in [-0.15, -0.1) is 0 Å². The lowest BCUT2D eigenvalue weighted by Crippen LogP contribution is -2.22. The second-order valence-corrected chi connectivity index (χ2v) is 4.25. The summed E-state index contributed by atoms with van der Waals surface area (Å²) in [5, 5.41) is 14.3. The predicted molar refractivity (Wildman–Crippen MR) is 61.7 cm³/mol. The first-order valence-electron chi connectivity index (χ1n) is 5.76. The van der Waals surface area contributed by atoms with Crippen molar-refractivity contribution in [3.05, 3.63) is 17.5 Å². The molecule has 1 heterocycles. The zero-order valence-corrected chi connectivity index (χ0v) is 10.2. The highest BCUT2D eigenvalue weighted by atomic mass is 16.3. The zero-order valence-electron chi connectivity index (χ0n) is 10.2. The van der Waals surface area contributed by atoms with Crippen molar-refractivity contribution >= 4 is 0 Å². The van der Waals surface area contributed by atoms with Gasteiger partial charge in [0.15, 0.2) is 0 Å². The van der Waals surface area contributed by atoms with Crippen LogP contribution < -0.4 is 0 Å². The fourth-order valence-corrected chi connectivity index (χ4v) is 2.07. The monoisotopic (exact) mass is 210 g/mol. The first-order valence-corrected chi connectivity index (χ1v) is 5.76. The van der Waals surface area contributed by atoms with Crippen LogP contribution in [0, 0.1) is 12.8 Å². The summed E-state index contributed by atoms with van der Waals surface area (Å²) in [6.07, 6.45) is 2.54. The predicted octanol–water partition coefficient (Wildman–Crippen LogP) is 2.07. The van der Waals surface area contributed by atoms with E-state index in [1.54, 1.807) is 0 Å². The molecule has 0 aliphatic rings. The molecule has 0 aromatic carbocycles. The quantitative estimate of drug-likeness (QED) is 0.808. The van der Waals surface area contributed by atoms with Crippen LogP contribution in [0.2, 0.25) is 0 Å². The van der Waals surface area contributed by atoms with Gasteiger partial charge in [-0.3, -0.25) is 4.68 Å². The average Bonchev–Trinajstić information content (AvgIpc) is 2.47.